The number of phenols is 1. The minimum Gasteiger partial charge on any atom is -0.508 e. The van der Waals surface area contributed by atoms with E-state index in [1.807, 2.05) is 12.1 Å². The molecule has 3 heteroatoms. The third kappa shape index (κ3) is 3.12. The molecule has 1 aromatic heterocycles. The molecule has 0 spiro atoms. The van der Waals surface area contributed by atoms with Crippen LogP contribution in [0.3, 0.4) is 0 Å². The first-order valence-electron chi connectivity index (χ1n) is 6.27. The van der Waals surface area contributed by atoms with Crippen LogP contribution in [0.1, 0.15) is 43.5 Å². The average Bonchev–Trinajstić information content (AvgIpc) is 2.91. The molecule has 0 aliphatic carbocycles. The second kappa shape index (κ2) is 6.03. The minimum absolute atomic E-state index is 0.319. The number of rotatable bonds is 5. The van der Waals surface area contributed by atoms with E-state index in [1.165, 1.54) is 11.1 Å². The van der Waals surface area contributed by atoms with Crippen LogP contribution in [0.15, 0.2) is 41.1 Å². The van der Waals surface area contributed by atoms with Crippen molar-refractivity contribution in [3.05, 3.63) is 52.2 Å². The van der Waals surface area contributed by atoms with Gasteiger partial charge in [-0.3, -0.25) is 0 Å². The lowest BCUT2D eigenvalue weighted by Gasteiger charge is -2.22. The quantitative estimate of drug-likeness (QED) is 0.843. The predicted octanol–water partition coefficient (Wildman–Crippen LogP) is 4.26. The van der Waals surface area contributed by atoms with Crippen molar-refractivity contribution in [2.45, 2.75) is 32.4 Å². The van der Waals surface area contributed by atoms with Crippen LogP contribution in [0.5, 0.6) is 5.75 Å². The lowest BCUT2D eigenvalue weighted by atomic mass is 10.0. The minimum atomic E-state index is 0.319. The van der Waals surface area contributed by atoms with Crippen molar-refractivity contribution in [1.82, 2.24) is 5.32 Å². The highest BCUT2D eigenvalue weighted by atomic mass is 32.1. The Morgan fingerprint density at radius 1 is 1.17 bits per heavy atom. The van der Waals surface area contributed by atoms with Crippen LogP contribution in [0.25, 0.3) is 0 Å². The van der Waals surface area contributed by atoms with E-state index >= 15 is 0 Å². The van der Waals surface area contributed by atoms with Gasteiger partial charge in [0.1, 0.15) is 5.75 Å². The molecule has 0 aliphatic heterocycles. The highest BCUT2D eigenvalue weighted by Gasteiger charge is 2.13. The van der Waals surface area contributed by atoms with Gasteiger partial charge >= 0.3 is 0 Å². The van der Waals surface area contributed by atoms with Crippen LogP contribution in [0, 0.1) is 0 Å². The Bertz CT molecular complexity index is 464. The number of thiophene rings is 1. The number of hydrogen-bond acceptors (Lipinski definition) is 3. The van der Waals surface area contributed by atoms with Crippen LogP contribution in [0.2, 0.25) is 0 Å². The standard InChI is InChI=1S/C15H19NOS/c1-3-15(12-4-6-14(17)7-5-12)16-11(2)13-8-9-18-10-13/h4-11,15-17H,3H2,1-2H3. The van der Waals surface area contributed by atoms with Gasteiger partial charge in [-0.2, -0.15) is 11.3 Å². The van der Waals surface area contributed by atoms with E-state index in [9.17, 15) is 5.11 Å². The van der Waals surface area contributed by atoms with Crippen molar-refractivity contribution in [2.75, 3.05) is 0 Å². The van der Waals surface area contributed by atoms with Gasteiger partial charge in [0.15, 0.2) is 0 Å². The number of benzene rings is 1. The van der Waals surface area contributed by atoms with Crippen LogP contribution in [-0.4, -0.2) is 5.11 Å². The SMILES string of the molecule is CCC(NC(C)c1ccsc1)c1ccc(O)cc1. The summed E-state index contributed by atoms with van der Waals surface area (Å²) in [5, 5.41) is 17.2. The van der Waals surface area contributed by atoms with Gasteiger partial charge in [0, 0.05) is 12.1 Å². The zero-order valence-electron chi connectivity index (χ0n) is 10.8. The molecule has 0 amide bonds. The first kappa shape index (κ1) is 13.1. The van der Waals surface area contributed by atoms with Crippen LogP contribution in [0.4, 0.5) is 0 Å². The van der Waals surface area contributed by atoms with Gasteiger partial charge in [-0.15, -0.1) is 0 Å². The molecule has 0 bridgehead atoms. The molecule has 2 N–H and O–H groups in total. The molecule has 0 radical (unpaired) electrons. The van der Waals surface area contributed by atoms with E-state index < -0.39 is 0 Å². The van der Waals surface area contributed by atoms with Gasteiger partial charge in [-0.25, -0.2) is 0 Å². The molecular formula is C15H19NOS. The summed E-state index contributed by atoms with van der Waals surface area (Å²) in [5.74, 6) is 0.319. The summed E-state index contributed by atoms with van der Waals surface area (Å²) < 4.78 is 0. The molecule has 2 aromatic rings. The molecular weight excluding hydrogens is 242 g/mol. The summed E-state index contributed by atoms with van der Waals surface area (Å²) in [6.07, 6.45) is 1.03. The van der Waals surface area contributed by atoms with Crippen molar-refractivity contribution >= 4 is 11.3 Å². The Kier molecular flexibility index (Phi) is 4.39. The Balaban J connectivity index is 2.07. The molecule has 0 saturated heterocycles. The third-order valence-electron chi connectivity index (χ3n) is 3.20. The Morgan fingerprint density at radius 2 is 1.89 bits per heavy atom. The number of aromatic hydroxyl groups is 1. The van der Waals surface area contributed by atoms with Gasteiger partial charge in [0.05, 0.1) is 0 Å². The summed E-state index contributed by atoms with van der Waals surface area (Å²) >= 11 is 1.73. The second-order valence-electron chi connectivity index (χ2n) is 4.50. The second-order valence-corrected chi connectivity index (χ2v) is 5.28. The monoisotopic (exact) mass is 261 g/mol. The van der Waals surface area contributed by atoms with Crippen LogP contribution < -0.4 is 5.32 Å². The molecule has 96 valence electrons. The molecule has 1 heterocycles. The molecule has 1 aromatic carbocycles. The Morgan fingerprint density at radius 3 is 2.44 bits per heavy atom. The Hall–Kier alpha value is -1.32. The lowest BCUT2D eigenvalue weighted by Crippen LogP contribution is -2.23. The van der Waals surface area contributed by atoms with Crippen molar-refractivity contribution < 1.29 is 5.11 Å². The average molecular weight is 261 g/mol. The fraction of sp³-hybridized carbons (Fsp3) is 0.333. The maximum atomic E-state index is 9.32. The summed E-state index contributed by atoms with van der Waals surface area (Å²) in [6, 6.07) is 10.3. The van der Waals surface area contributed by atoms with E-state index in [0.717, 1.165) is 6.42 Å². The predicted molar refractivity (Wildman–Crippen MR) is 77.0 cm³/mol. The molecule has 2 rings (SSSR count). The highest BCUT2D eigenvalue weighted by Crippen LogP contribution is 2.24. The fourth-order valence-electron chi connectivity index (χ4n) is 2.08. The number of hydrogen-bond donors (Lipinski definition) is 2. The molecule has 0 fully saturated rings. The van der Waals surface area contributed by atoms with E-state index in [2.05, 4.69) is 36.0 Å². The van der Waals surface area contributed by atoms with Crippen LogP contribution >= 0.6 is 11.3 Å². The highest BCUT2D eigenvalue weighted by molar-refractivity contribution is 7.07. The Labute approximate surface area is 112 Å². The summed E-state index contributed by atoms with van der Waals surface area (Å²) in [6.45, 7) is 4.36. The van der Waals surface area contributed by atoms with Gasteiger partial charge in [-0.05, 0) is 53.4 Å². The van der Waals surface area contributed by atoms with Crippen molar-refractivity contribution in [1.29, 1.82) is 0 Å². The molecule has 2 atom stereocenters. The maximum Gasteiger partial charge on any atom is 0.115 e. The molecule has 0 aliphatic rings. The number of phenolic OH excluding ortho intramolecular Hbond substituents is 1. The summed E-state index contributed by atoms with van der Waals surface area (Å²) in [4.78, 5) is 0. The normalized spacial score (nSPS) is 14.3. The van der Waals surface area contributed by atoms with Crippen LogP contribution in [-0.2, 0) is 0 Å². The van der Waals surface area contributed by atoms with Gasteiger partial charge in [0.2, 0.25) is 0 Å². The largest absolute Gasteiger partial charge is 0.508 e. The van der Waals surface area contributed by atoms with Crippen molar-refractivity contribution in [3.63, 3.8) is 0 Å². The van der Waals surface area contributed by atoms with Gasteiger partial charge in [-0.1, -0.05) is 19.1 Å². The topological polar surface area (TPSA) is 32.3 Å². The molecule has 2 unspecified atom stereocenters. The van der Waals surface area contributed by atoms with E-state index in [0.29, 0.717) is 17.8 Å². The van der Waals surface area contributed by atoms with Gasteiger partial charge in [0.25, 0.3) is 0 Å². The summed E-state index contributed by atoms with van der Waals surface area (Å²) in [7, 11) is 0. The third-order valence-corrected chi connectivity index (χ3v) is 3.90. The van der Waals surface area contributed by atoms with E-state index in [4.69, 9.17) is 0 Å². The number of nitrogens with one attached hydrogen (secondary N) is 1. The first-order valence-corrected chi connectivity index (χ1v) is 7.22. The summed E-state index contributed by atoms with van der Waals surface area (Å²) in [5.41, 5.74) is 2.55. The van der Waals surface area contributed by atoms with Gasteiger partial charge < -0.3 is 10.4 Å². The molecule has 0 saturated carbocycles. The van der Waals surface area contributed by atoms with Crippen molar-refractivity contribution in [3.8, 4) is 5.75 Å². The first-order chi connectivity index (χ1) is 8.70. The fourth-order valence-corrected chi connectivity index (χ4v) is 2.83. The van der Waals surface area contributed by atoms with E-state index in [-0.39, 0.29) is 0 Å². The van der Waals surface area contributed by atoms with Crippen molar-refractivity contribution in [2.24, 2.45) is 0 Å². The van der Waals surface area contributed by atoms with E-state index in [1.54, 1.807) is 23.5 Å². The maximum absolute atomic E-state index is 9.32. The molecule has 2 nitrogen and oxygen atoms in total. The smallest absolute Gasteiger partial charge is 0.115 e. The molecule has 18 heavy (non-hydrogen) atoms. The zero-order valence-corrected chi connectivity index (χ0v) is 11.6. The lowest BCUT2D eigenvalue weighted by molar-refractivity contribution is 0.453. The zero-order chi connectivity index (χ0) is 13.0.